The van der Waals surface area contributed by atoms with Gasteiger partial charge in [-0.2, -0.15) is 0 Å². The Kier molecular flexibility index (Phi) is 8.17. The fraction of sp³-hybridized carbons (Fsp3) is 0.160. The molecule has 2 amide bonds. The van der Waals surface area contributed by atoms with Crippen molar-refractivity contribution >= 4 is 29.2 Å². The van der Waals surface area contributed by atoms with Crippen LogP contribution in [-0.2, 0) is 20.9 Å². The molecule has 0 saturated carbocycles. The molecule has 0 aliphatic rings. The quantitative estimate of drug-likeness (QED) is 0.459. The van der Waals surface area contributed by atoms with Crippen molar-refractivity contribution in [1.82, 2.24) is 0 Å². The first kappa shape index (κ1) is 24.2. The number of benzene rings is 3. The summed E-state index contributed by atoms with van der Waals surface area (Å²) in [5.74, 6) is -1.34. The molecule has 3 aromatic carbocycles. The van der Waals surface area contributed by atoms with Gasteiger partial charge in [-0.25, -0.2) is 9.18 Å². The molecule has 9 heteroatoms. The van der Waals surface area contributed by atoms with Crippen molar-refractivity contribution in [2.24, 2.45) is 0 Å². The van der Waals surface area contributed by atoms with Crippen molar-refractivity contribution in [3.8, 4) is 11.5 Å². The Morgan fingerprint density at radius 3 is 2.35 bits per heavy atom. The number of nitrogens with one attached hydrogen (secondary N) is 2. The summed E-state index contributed by atoms with van der Waals surface area (Å²) in [6, 6.07) is 17.0. The van der Waals surface area contributed by atoms with Crippen molar-refractivity contribution < 1.29 is 33.0 Å². The molecule has 0 radical (unpaired) electrons. The third-order valence-corrected chi connectivity index (χ3v) is 4.54. The second-order valence-electron chi connectivity index (χ2n) is 7.13. The molecule has 8 nitrogen and oxygen atoms in total. The average Bonchev–Trinajstić information content (AvgIpc) is 2.82. The standard InChI is InChI=1S/C25H23FN2O6/c1-16(29)27-19-11-12-23(32-2)21(13-19)28-24(30)15-34-25(31)20-5-3-4-6-22(20)33-14-17-7-9-18(26)10-8-17/h3-13H,14-15H2,1-2H3,(H,27,29)(H,28,30). The minimum atomic E-state index is -0.746. The molecular formula is C25H23FN2O6. The maximum atomic E-state index is 13.1. The lowest BCUT2D eigenvalue weighted by molar-refractivity contribution is -0.119. The van der Waals surface area contributed by atoms with Crippen molar-refractivity contribution in [2.75, 3.05) is 24.4 Å². The Labute approximate surface area is 195 Å². The minimum absolute atomic E-state index is 0.121. The number of ether oxygens (including phenoxy) is 3. The number of amides is 2. The first-order valence-corrected chi connectivity index (χ1v) is 10.2. The van der Waals surface area contributed by atoms with E-state index in [1.165, 1.54) is 38.3 Å². The van der Waals surface area contributed by atoms with E-state index in [9.17, 15) is 18.8 Å². The number of halogens is 1. The summed E-state index contributed by atoms with van der Waals surface area (Å²) in [4.78, 5) is 36.2. The van der Waals surface area contributed by atoms with Gasteiger partial charge in [-0.15, -0.1) is 0 Å². The van der Waals surface area contributed by atoms with Crippen LogP contribution in [0.15, 0.2) is 66.7 Å². The molecule has 0 aliphatic carbocycles. The summed E-state index contributed by atoms with van der Waals surface area (Å²) in [5.41, 5.74) is 1.63. The molecule has 0 fully saturated rings. The van der Waals surface area contributed by atoms with E-state index in [1.807, 2.05) is 0 Å². The molecule has 0 aliphatic heterocycles. The van der Waals surface area contributed by atoms with Crippen LogP contribution < -0.4 is 20.1 Å². The highest BCUT2D eigenvalue weighted by Gasteiger charge is 2.16. The summed E-state index contributed by atoms with van der Waals surface area (Å²) >= 11 is 0. The summed E-state index contributed by atoms with van der Waals surface area (Å²) in [6.07, 6.45) is 0. The highest BCUT2D eigenvalue weighted by Crippen LogP contribution is 2.28. The smallest absolute Gasteiger partial charge is 0.342 e. The second-order valence-corrected chi connectivity index (χ2v) is 7.13. The van der Waals surface area contributed by atoms with Crippen LogP contribution in [0.1, 0.15) is 22.8 Å². The average molecular weight is 466 g/mol. The molecule has 0 spiro atoms. The number of carbonyl (C=O) groups excluding carboxylic acids is 3. The van der Waals surface area contributed by atoms with E-state index < -0.39 is 18.5 Å². The minimum Gasteiger partial charge on any atom is -0.495 e. The zero-order valence-corrected chi connectivity index (χ0v) is 18.6. The number of hydrogen-bond donors (Lipinski definition) is 2. The Morgan fingerprint density at radius 1 is 0.912 bits per heavy atom. The molecule has 0 saturated heterocycles. The van der Waals surface area contributed by atoms with E-state index in [4.69, 9.17) is 14.2 Å². The molecule has 3 rings (SSSR count). The number of para-hydroxylation sites is 1. The van der Waals surface area contributed by atoms with Gasteiger partial charge in [-0.1, -0.05) is 24.3 Å². The second kappa shape index (κ2) is 11.5. The Balaban J connectivity index is 1.61. The predicted octanol–water partition coefficient (Wildman–Crippen LogP) is 4.17. The van der Waals surface area contributed by atoms with Crippen LogP contribution in [0.5, 0.6) is 11.5 Å². The Morgan fingerprint density at radius 2 is 1.65 bits per heavy atom. The molecule has 3 aromatic rings. The number of anilines is 2. The van der Waals surface area contributed by atoms with Crippen LogP contribution in [0.25, 0.3) is 0 Å². The first-order valence-electron chi connectivity index (χ1n) is 10.2. The van der Waals surface area contributed by atoms with Gasteiger partial charge in [-0.3, -0.25) is 9.59 Å². The van der Waals surface area contributed by atoms with E-state index in [0.717, 1.165) is 5.56 Å². The van der Waals surface area contributed by atoms with Gasteiger partial charge in [0.05, 0.1) is 12.8 Å². The summed E-state index contributed by atoms with van der Waals surface area (Å²) < 4.78 is 29.1. The lowest BCUT2D eigenvalue weighted by atomic mass is 10.2. The SMILES string of the molecule is COc1ccc(NC(C)=O)cc1NC(=O)COC(=O)c1ccccc1OCc1ccc(F)cc1. The number of esters is 1. The van der Waals surface area contributed by atoms with Crippen molar-refractivity contribution in [3.63, 3.8) is 0 Å². The van der Waals surface area contributed by atoms with Gasteiger partial charge in [0.1, 0.15) is 29.5 Å². The number of hydrogen-bond acceptors (Lipinski definition) is 6. The van der Waals surface area contributed by atoms with Crippen LogP contribution in [0.3, 0.4) is 0 Å². The molecule has 0 unspecified atom stereocenters. The number of rotatable bonds is 9. The van der Waals surface area contributed by atoms with Gasteiger partial charge in [0, 0.05) is 12.6 Å². The fourth-order valence-electron chi connectivity index (χ4n) is 2.98. The van der Waals surface area contributed by atoms with Crippen LogP contribution >= 0.6 is 0 Å². The largest absolute Gasteiger partial charge is 0.495 e. The van der Waals surface area contributed by atoms with Gasteiger partial charge >= 0.3 is 5.97 Å². The normalized spacial score (nSPS) is 10.2. The van der Waals surface area contributed by atoms with Gasteiger partial charge in [-0.05, 0) is 48.0 Å². The van der Waals surface area contributed by atoms with E-state index >= 15 is 0 Å². The topological polar surface area (TPSA) is 103 Å². The Hall–Kier alpha value is -4.40. The lowest BCUT2D eigenvalue weighted by Crippen LogP contribution is -2.21. The van der Waals surface area contributed by atoms with Crippen LogP contribution in [0.2, 0.25) is 0 Å². The van der Waals surface area contributed by atoms with E-state index in [2.05, 4.69) is 10.6 Å². The van der Waals surface area contributed by atoms with Crippen LogP contribution in [-0.4, -0.2) is 31.5 Å². The van der Waals surface area contributed by atoms with E-state index in [-0.39, 0.29) is 29.6 Å². The van der Waals surface area contributed by atoms with Gasteiger partial charge in [0.15, 0.2) is 6.61 Å². The summed E-state index contributed by atoms with van der Waals surface area (Å²) in [7, 11) is 1.44. The fourth-order valence-corrected chi connectivity index (χ4v) is 2.98. The molecule has 34 heavy (non-hydrogen) atoms. The Bertz CT molecular complexity index is 1180. The molecule has 0 atom stereocenters. The van der Waals surface area contributed by atoms with Crippen molar-refractivity contribution in [2.45, 2.75) is 13.5 Å². The van der Waals surface area contributed by atoms with Gasteiger partial charge in [0.25, 0.3) is 5.91 Å². The maximum Gasteiger partial charge on any atom is 0.342 e. The summed E-state index contributed by atoms with van der Waals surface area (Å²) in [5, 5.41) is 5.20. The summed E-state index contributed by atoms with van der Waals surface area (Å²) in [6.45, 7) is 0.928. The molecule has 2 N–H and O–H groups in total. The zero-order valence-electron chi connectivity index (χ0n) is 18.6. The van der Waals surface area contributed by atoms with E-state index in [0.29, 0.717) is 17.1 Å². The molecule has 0 bridgehead atoms. The highest BCUT2D eigenvalue weighted by molar-refractivity contribution is 5.98. The van der Waals surface area contributed by atoms with Crippen LogP contribution in [0.4, 0.5) is 15.8 Å². The van der Waals surface area contributed by atoms with Gasteiger partial charge in [0.2, 0.25) is 5.91 Å². The highest BCUT2D eigenvalue weighted by atomic mass is 19.1. The number of carbonyl (C=O) groups is 3. The molecular weight excluding hydrogens is 443 g/mol. The lowest BCUT2D eigenvalue weighted by Gasteiger charge is -2.13. The third-order valence-electron chi connectivity index (χ3n) is 4.54. The zero-order chi connectivity index (χ0) is 24.5. The monoisotopic (exact) mass is 466 g/mol. The molecule has 0 aromatic heterocycles. The number of methoxy groups -OCH3 is 1. The van der Waals surface area contributed by atoms with Crippen molar-refractivity contribution in [1.29, 1.82) is 0 Å². The van der Waals surface area contributed by atoms with Gasteiger partial charge < -0.3 is 24.8 Å². The third kappa shape index (κ3) is 6.80. The van der Waals surface area contributed by atoms with Crippen molar-refractivity contribution in [3.05, 3.63) is 83.7 Å². The van der Waals surface area contributed by atoms with E-state index in [1.54, 1.807) is 42.5 Å². The first-order chi connectivity index (χ1) is 16.4. The maximum absolute atomic E-state index is 13.1. The molecule has 176 valence electrons. The molecule has 0 heterocycles. The van der Waals surface area contributed by atoms with Crippen LogP contribution in [0, 0.1) is 5.82 Å². The predicted molar refractivity (Wildman–Crippen MR) is 123 cm³/mol.